The Balaban J connectivity index is 0.884. The first-order chi connectivity index (χ1) is 36.7. The van der Waals surface area contributed by atoms with E-state index in [1.165, 1.54) is 43.8 Å². The first kappa shape index (κ1) is 42.9. The van der Waals surface area contributed by atoms with Crippen LogP contribution < -0.4 is 0 Å². The molecule has 14 aromatic rings. The Labute approximate surface area is 428 Å². The molecular formula is C69H45N5. The molecule has 0 unspecified atom stereocenters. The summed E-state index contributed by atoms with van der Waals surface area (Å²) in [4.78, 5) is 15.6. The van der Waals surface area contributed by atoms with Crippen molar-refractivity contribution < 1.29 is 0 Å². The molecule has 0 saturated carbocycles. The van der Waals surface area contributed by atoms with Gasteiger partial charge >= 0.3 is 0 Å². The molecule has 74 heavy (non-hydrogen) atoms. The zero-order valence-corrected chi connectivity index (χ0v) is 40.2. The summed E-state index contributed by atoms with van der Waals surface area (Å²) in [5.74, 6) is 1.82. The second-order valence-corrected chi connectivity index (χ2v) is 18.8. The highest BCUT2D eigenvalue weighted by atomic mass is 15.0. The standard InChI is InChI=1S/C69H45N5/c1-4-18-46(19-5-1)51-24-16-25-52(42-51)54-38-40-57(66(45-54)74-63-32-14-10-28-58(63)59-29-11-15-33-64(59)74)48-34-36-50(37-35-48)68-70-67(49-22-8-3-9-23-49)71-69(72-68)55-26-17-27-56(43-55)73-62-31-13-12-30-60(62)61-44-53(39-41-65(61)73)47-20-6-2-7-21-47/h1-45H. The second-order valence-electron chi connectivity index (χ2n) is 18.8. The van der Waals surface area contributed by atoms with Crippen LogP contribution in [0.15, 0.2) is 273 Å². The highest BCUT2D eigenvalue weighted by molar-refractivity contribution is 6.11. The minimum atomic E-state index is 0.604. The molecule has 3 heterocycles. The third-order valence-electron chi connectivity index (χ3n) is 14.4. The first-order valence-corrected chi connectivity index (χ1v) is 25.1. The number of hydrogen-bond donors (Lipinski definition) is 0. The van der Waals surface area contributed by atoms with Gasteiger partial charge in [0, 0.05) is 49.5 Å². The van der Waals surface area contributed by atoms with E-state index in [1.807, 2.05) is 18.2 Å². The molecule has 14 rings (SSSR count). The minimum absolute atomic E-state index is 0.604. The van der Waals surface area contributed by atoms with Gasteiger partial charge in [-0.3, -0.25) is 0 Å². The maximum atomic E-state index is 5.26. The Morgan fingerprint density at radius 3 is 1.23 bits per heavy atom. The summed E-state index contributed by atoms with van der Waals surface area (Å²) in [6, 6.07) is 97.2. The maximum Gasteiger partial charge on any atom is 0.164 e. The Bertz CT molecular complexity index is 4350. The quantitative estimate of drug-likeness (QED) is 0.145. The van der Waals surface area contributed by atoms with Crippen LogP contribution in [0.25, 0.3) is 134 Å². The van der Waals surface area contributed by atoms with Gasteiger partial charge in [-0.2, -0.15) is 0 Å². The van der Waals surface area contributed by atoms with Gasteiger partial charge in [0.15, 0.2) is 17.5 Å². The lowest BCUT2D eigenvalue weighted by atomic mass is 9.95. The van der Waals surface area contributed by atoms with Gasteiger partial charge in [-0.1, -0.05) is 218 Å². The van der Waals surface area contributed by atoms with Gasteiger partial charge in [0.2, 0.25) is 0 Å². The monoisotopic (exact) mass is 943 g/mol. The average molecular weight is 944 g/mol. The van der Waals surface area contributed by atoms with Crippen LogP contribution >= 0.6 is 0 Å². The zero-order chi connectivity index (χ0) is 49.0. The van der Waals surface area contributed by atoms with Crippen LogP contribution in [0.4, 0.5) is 0 Å². The van der Waals surface area contributed by atoms with Crippen molar-refractivity contribution in [3.05, 3.63) is 273 Å². The fraction of sp³-hybridized carbons (Fsp3) is 0. The van der Waals surface area contributed by atoms with E-state index in [0.29, 0.717) is 17.5 Å². The van der Waals surface area contributed by atoms with Gasteiger partial charge < -0.3 is 9.13 Å². The Hall–Kier alpha value is -9.97. The Morgan fingerprint density at radius 1 is 0.216 bits per heavy atom. The zero-order valence-electron chi connectivity index (χ0n) is 40.2. The van der Waals surface area contributed by atoms with Crippen LogP contribution in [-0.4, -0.2) is 24.1 Å². The third kappa shape index (κ3) is 7.54. The summed E-state index contributed by atoms with van der Waals surface area (Å²) in [5.41, 5.74) is 18.7. The molecule has 0 fully saturated rings. The van der Waals surface area contributed by atoms with E-state index in [0.717, 1.165) is 72.4 Å². The van der Waals surface area contributed by atoms with Crippen molar-refractivity contribution in [1.82, 2.24) is 24.1 Å². The molecule has 3 aromatic heterocycles. The maximum absolute atomic E-state index is 5.26. The topological polar surface area (TPSA) is 48.5 Å². The lowest BCUT2D eigenvalue weighted by Gasteiger charge is -2.17. The molecule has 0 spiro atoms. The smallest absolute Gasteiger partial charge is 0.164 e. The van der Waals surface area contributed by atoms with Gasteiger partial charge in [-0.05, 0) is 93.5 Å². The van der Waals surface area contributed by atoms with Crippen molar-refractivity contribution in [1.29, 1.82) is 0 Å². The SMILES string of the molecule is c1ccc(-c2cccc(-c3ccc(-c4ccc(-c5nc(-c6ccccc6)nc(-c6cccc(-n7c8ccccc8c8cc(-c9ccccc9)ccc87)c6)n5)cc4)c(-n4c5ccccc5c5ccccc54)c3)c2)cc1. The predicted octanol–water partition coefficient (Wildman–Crippen LogP) is 17.7. The van der Waals surface area contributed by atoms with E-state index in [1.54, 1.807) is 0 Å². The molecule has 0 bridgehead atoms. The molecule has 5 nitrogen and oxygen atoms in total. The minimum Gasteiger partial charge on any atom is -0.309 e. The molecule has 0 aliphatic carbocycles. The number of aromatic nitrogens is 5. The molecule has 0 atom stereocenters. The number of hydrogen-bond acceptors (Lipinski definition) is 3. The number of para-hydroxylation sites is 3. The fourth-order valence-electron chi connectivity index (χ4n) is 10.8. The Morgan fingerprint density at radius 2 is 0.608 bits per heavy atom. The van der Waals surface area contributed by atoms with Gasteiger partial charge in [0.05, 0.1) is 27.8 Å². The molecule has 0 amide bonds. The fourth-order valence-corrected chi connectivity index (χ4v) is 10.8. The lowest BCUT2D eigenvalue weighted by Crippen LogP contribution is -2.01. The van der Waals surface area contributed by atoms with E-state index in [-0.39, 0.29) is 0 Å². The van der Waals surface area contributed by atoms with Crippen LogP contribution in [0.2, 0.25) is 0 Å². The van der Waals surface area contributed by atoms with Crippen molar-refractivity contribution in [2.24, 2.45) is 0 Å². The molecule has 0 radical (unpaired) electrons. The van der Waals surface area contributed by atoms with E-state index >= 15 is 0 Å². The molecule has 0 saturated heterocycles. The van der Waals surface area contributed by atoms with Crippen molar-refractivity contribution in [2.75, 3.05) is 0 Å². The first-order valence-electron chi connectivity index (χ1n) is 25.1. The molecule has 11 aromatic carbocycles. The van der Waals surface area contributed by atoms with E-state index in [4.69, 9.17) is 15.0 Å². The van der Waals surface area contributed by atoms with E-state index in [2.05, 4.69) is 264 Å². The predicted molar refractivity (Wildman–Crippen MR) is 307 cm³/mol. The summed E-state index contributed by atoms with van der Waals surface area (Å²) < 4.78 is 4.78. The van der Waals surface area contributed by atoms with Gasteiger partial charge in [0.1, 0.15) is 0 Å². The molecule has 0 N–H and O–H groups in total. The average Bonchev–Trinajstić information content (AvgIpc) is 4.03. The summed E-state index contributed by atoms with van der Waals surface area (Å²) >= 11 is 0. The lowest BCUT2D eigenvalue weighted by molar-refractivity contribution is 1.07. The van der Waals surface area contributed by atoms with E-state index in [9.17, 15) is 0 Å². The summed E-state index contributed by atoms with van der Waals surface area (Å²) in [5, 5.41) is 4.85. The summed E-state index contributed by atoms with van der Waals surface area (Å²) in [6.45, 7) is 0. The molecule has 346 valence electrons. The number of benzene rings is 11. The molecule has 5 heteroatoms. The molecule has 0 aliphatic heterocycles. The molecule has 0 aliphatic rings. The van der Waals surface area contributed by atoms with Gasteiger partial charge in [-0.15, -0.1) is 0 Å². The van der Waals surface area contributed by atoms with Crippen LogP contribution in [0.1, 0.15) is 0 Å². The summed E-state index contributed by atoms with van der Waals surface area (Å²) in [6.07, 6.45) is 0. The van der Waals surface area contributed by atoms with Crippen molar-refractivity contribution >= 4 is 43.6 Å². The number of rotatable bonds is 9. The Kier molecular flexibility index (Phi) is 10.4. The highest BCUT2D eigenvalue weighted by Gasteiger charge is 2.20. The van der Waals surface area contributed by atoms with Crippen LogP contribution in [0, 0.1) is 0 Å². The van der Waals surface area contributed by atoms with Crippen molar-refractivity contribution in [3.63, 3.8) is 0 Å². The van der Waals surface area contributed by atoms with Crippen LogP contribution in [0.5, 0.6) is 0 Å². The van der Waals surface area contributed by atoms with Crippen LogP contribution in [0.3, 0.4) is 0 Å². The van der Waals surface area contributed by atoms with Crippen LogP contribution in [-0.2, 0) is 0 Å². The number of fused-ring (bicyclic) bond motifs is 6. The highest BCUT2D eigenvalue weighted by Crippen LogP contribution is 2.40. The second kappa shape index (κ2) is 18.0. The van der Waals surface area contributed by atoms with Gasteiger partial charge in [0.25, 0.3) is 0 Å². The van der Waals surface area contributed by atoms with E-state index < -0.39 is 0 Å². The van der Waals surface area contributed by atoms with Gasteiger partial charge in [-0.25, -0.2) is 15.0 Å². The van der Waals surface area contributed by atoms with Crippen molar-refractivity contribution in [3.8, 4) is 90.0 Å². The largest absolute Gasteiger partial charge is 0.309 e. The number of nitrogens with zero attached hydrogens (tertiary/aromatic N) is 5. The summed E-state index contributed by atoms with van der Waals surface area (Å²) in [7, 11) is 0. The van der Waals surface area contributed by atoms with Crippen molar-refractivity contribution in [2.45, 2.75) is 0 Å². The normalized spacial score (nSPS) is 11.5. The molecular weight excluding hydrogens is 899 g/mol. The third-order valence-corrected chi connectivity index (χ3v) is 14.4.